The summed E-state index contributed by atoms with van der Waals surface area (Å²) in [5, 5.41) is 0. The molecule has 0 aliphatic carbocycles. The van der Waals surface area contributed by atoms with Crippen molar-refractivity contribution in [2.45, 2.75) is 69.7 Å². The first-order valence-electron chi connectivity index (χ1n) is 15.1. The molecule has 3 aromatic carbocycles. The van der Waals surface area contributed by atoms with Crippen molar-refractivity contribution in [2.75, 3.05) is 0 Å². The topological polar surface area (TPSA) is 81.2 Å². The molecule has 0 aliphatic heterocycles. The first-order valence-corrected chi connectivity index (χ1v) is 15.1. The molecule has 4 heterocycles. The fraction of sp³-hybridized carbons (Fsp3) is 0.256. The number of nitrogens with zero attached hydrogens (tertiary/aromatic N) is 7. The molecule has 0 N–H and O–H groups in total. The fourth-order valence-electron chi connectivity index (χ4n) is 4.74. The van der Waals surface area contributed by atoms with E-state index in [0.29, 0.717) is 0 Å². The quantitative estimate of drug-likeness (QED) is 0.173. The third-order valence-electron chi connectivity index (χ3n) is 7.81. The SMILES string of the molecule is C.Cc1ccc(-[n+]2ccc3nc(C)c(C)nc3c2)cc1.Cc1ccc2nc(C)c(C)nc2c1.Cc1ccc2nc(C)c(C)nc2c1. The van der Waals surface area contributed by atoms with E-state index in [4.69, 9.17) is 0 Å². The van der Waals surface area contributed by atoms with Crippen molar-refractivity contribution in [3.05, 3.63) is 130 Å². The average molecular weight is 611 g/mol. The van der Waals surface area contributed by atoms with E-state index in [9.17, 15) is 0 Å². The van der Waals surface area contributed by atoms with E-state index in [0.717, 1.165) is 73.0 Å². The first kappa shape index (κ1) is 33.7. The van der Waals surface area contributed by atoms with Crippen LogP contribution in [0.4, 0.5) is 0 Å². The van der Waals surface area contributed by atoms with Crippen LogP contribution in [0, 0.1) is 62.3 Å². The summed E-state index contributed by atoms with van der Waals surface area (Å²) in [5.41, 5.74) is 16.7. The molecule has 46 heavy (non-hydrogen) atoms. The van der Waals surface area contributed by atoms with Gasteiger partial charge in [0.15, 0.2) is 11.7 Å². The number of hydrogen-bond acceptors (Lipinski definition) is 6. The van der Waals surface area contributed by atoms with Gasteiger partial charge in [-0.05, 0) is 97.7 Å². The molecule has 7 aromatic rings. The normalized spacial score (nSPS) is 10.5. The third kappa shape index (κ3) is 7.91. The van der Waals surface area contributed by atoms with Crippen molar-refractivity contribution >= 4 is 33.1 Å². The summed E-state index contributed by atoms with van der Waals surface area (Å²) in [7, 11) is 0. The minimum Gasteiger partial charge on any atom is -0.250 e. The molecule has 0 saturated heterocycles. The Kier molecular flexibility index (Phi) is 10.5. The summed E-state index contributed by atoms with van der Waals surface area (Å²) in [5.74, 6) is 0. The van der Waals surface area contributed by atoms with Crippen molar-refractivity contribution in [3.63, 3.8) is 0 Å². The van der Waals surface area contributed by atoms with Gasteiger partial charge < -0.3 is 0 Å². The molecule has 7 nitrogen and oxygen atoms in total. The van der Waals surface area contributed by atoms with Crippen LogP contribution in [0.5, 0.6) is 0 Å². The summed E-state index contributed by atoms with van der Waals surface area (Å²) >= 11 is 0. The van der Waals surface area contributed by atoms with Crippen molar-refractivity contribution in [2.24, 2.45) is 0 Å². The van der Waals surface area contributed by atoms with Crippen molar-refractivity contribution in [1.29, 1.82) is 0 Å². The second-order valence-corrected chi connectivity index (χ2v) is 11.6. The highest BCUT2D eigenvalue weighted by Crippen LogP contribution is 2.15. The Bertz CT molecular complexity index is 2060. The number of fused-ring (bicyclic) bond motifs is 3. The third-order valence-corrected chi connectivity index (χ3v) is 7.81. The van der Waals surface area contributed by atoms with Crippen LogP contribution in [-0.4, -0.2) is 29.9 Å². The van der Waals surface area contributed by atoms with Crippen LogP contribution in [0.3, 0.4) is 0 Å². The van der Waals surface area contributed by atoms with Gasteiger partial charge in [0.25, 0.3) is 0 Å². The highest BCUT2D eigenvalue weighted by molar-refractivity contribution is 5.76. The van der Waals surface area contributed by atoms with Crippen molar-refractivity contribution in [3.8, 4) is 5.69 Å². The number of benzene rings is 3. The molecule has 0 atom stereocenters. The van der Waals surface area contributed by atoms with E-state index >= 15 is 0 Å². The maximum atomic E-state index is 4.60. The summed E-state index contributed by atoms with van der Waals surface area (Å²) in [6.45, 7) is 18.2. The minimum absolute atomic E-state index is 0. The second-order valence-electron chi connectivity index (χ2n) is 11.6. The number of pyridine rings is 1. The smallest absolute Gasteiger partial charge is 0.210 e. The Morgan fingerprint density at radius 1 is 0.370 bits per heavy atom. The predicted molar refractivity (Wildman–Crippen MR) is 190 cm³/mol. The first-order chi connectivity index (χ1) is 21.5. The van der Waals surface area contributed by atoms with Gasteiger partial charge in [0, 0.05) is 18.2 Å². The molecule has 234 valence electrons. The maximum absolute atomic E-state index is 4.60. The molecule has 0 saturated carbocycles. The molecule has 0 bridgehead atoms. The Labute approximate surface area is 272 Å². The van der Waals surface area contributed by atoms with Gasteiger partial charge in [-0.3, -0.25) is 0 Å². The van der Waals surface area contributed by atoms with Crippen molar-refractivity contribution < 1.29 is 4.57 Å². The van der Waals surface area contributed by atoms with E-state index in [-0.39, 0.29) is 7.43 Å². The zero-order valence-corrected chi connectivity index (χ0v) is 27.6. The lowest BCUT2D eigenvalue weighted by molar-refractivity contribution is -0.594. The van der Waals surface area contributed by atoms with Gasteiger partial charge in [-0.25, -0.2) is 29.9 Å². The Hall–Kier alpha value is -5.17. The maximum Gasteiger partial charge on any atom is 0.210 e. The molecule has 0 unspecified atom stereocenters. The lowest BCUT2D eigenvalue weighted by Gasteiger charge is -2.02. The molecule has 0 fully saturated rings. The van der Waals surface area contributed by atoms with E-state index in [2.05, 4.69) is 104 Å². The predicted octanol–water partition coefficient (Wildman–Crippen LogP) is 8.58. The van der Waals surface area contributed by atoms with Gasteiger partial charge in [0.2, 0.25) is 11.9 Å². The highest BCUT2D eigenvalue weighted by atomic mass is 15.0. The molecule has 0 spiro atoms. The summed E-state index contributed by atoms with van der Waals surface area (Å²) in [4.78, 5) is 27.0. The lowest BCUT2D eigenvalue weighted by atomic mass is 10.2. The summed E-state index contributed by atoms with van der Waals surface area (Å²) in [6, 6.07) is 22.7. The standard InChI is InChI=1S/C16H16N3.2C11H12N2.CH4/c1-11-4-6-14(7-5-11)19-9-8-15-16(10-19)18-13(3)12(2)17-15;2*1-7-4-5-10-11(6-7)13-9(3)8(2)12-10;/h4-10H,1-3H3;2*4-6H,1-3H3;1H4/q+1;;;. The molecule has 7 heteroatoms. The zero-order chi connectivity index (χ0) is 32.2. The molecule has 4 aromatic heterocycles. The van der Waals surface area contributed by atoms with Crippen LogP contribution in [0.1, 0.15) is 58.3 Å². The molecular formula is C39H44N7+. The van der Waals surface area contributed by atoms with Crippen LogP contribution >= 0.6 is 0 Å². The van der Waals surface area contributed by atoms with Crippen LogP contribution in [0.25, 0.3) is 38.8 Å². The van der Waals surface area contributed by atoms with Crippen LogP contribution in [0.2, 0.25) is 0 Å². The molecule has 0 amide bonds. The number of hydrogen-bond donors (Lipinski definition) is 0. The molecular weight excluding hydrogens is 566 g/mol. The second kappa shape index (κ2) is 14.3. The highest BCUT2D eigenvalue weighted by Gasteiger charge is 2.10. The Morgan fingerprint density at radius 3 is 1.15 bits per heavy atom. The van der Waals surface area contributed by atoms with E-state index in [1.807, 2.05) is 72.1 Å². The van der Waals surface area contributed by atoms with E-state index in [1.165, 1.54) is 16.7 Å². The van der Waals surface area contributed by atoms with E-state index < -0.39 is 0 Å². The van der Waals surface area contributed by atoms with Gasteiger partial charge >= 0.3 is 0 Å². The van der Waals surface area contributed by atoms with Crippen LogP contribution in [0.15, 0.2) is 79.1 Å². The fourth-order valence-corrected chi connectivity index (χ4v) is 4.74. The Balaban J connectivity index is 0.000000159. The van der Waals surface area contributed by atoms with Gasteiger partial charge in [-0.2, -0.15) is 4.57 Å². The molecule has 7 rings (SSSR count). The molecule has 0 radical (unpaired) electrons. The summed E-state index contributed by atoms with van der Waals surface area (Å²) < 4.78 is 2.07. The van der Waals surface area contributed by atoms with Gasteiger partial charge in [-0.15, -0.1) is 0 Å². The van der Waals surface area contributed by atoms with Gasteiger partial charge in [-0.1, -0.05) is 37.3 Å². The molecule has 0 aliphatic rings. The Morgan fingerprint density at radius 2 is 0.717 bits per heavy atom. The van der Waals surface area contributed by atoms with Gasteiger partial charge in [0.1, 0.15) is 5.52 Å². The van der Waals surface area contributed by atoms with E-state index in [1.54, 1.807) is 0 Å². The number of aromatic nitrogens is 7. The minimum atomic E-state index is 0. The van der Waals surface area contributed by atoms with Crippen molar-refractivity contribution in [1.82, 2.24) is 29.9 Å². The van der Waals surface area contributed by atoms with Crippen LogP contribution in [-0.2, 0) is 0 Å². The zero-order valence-electron chi connectivity index (χ0n) is 27.6. The van der Waals surface area contributed by atoms with Gasteiger partial charge in [0.05, 0.1) is 56.2 Å². The average Bonchev–Trinajstić information content (AvgIpc) is 3.00. The van der Waals surface area contributed by atoms with Crippen LogP contribution < -0.4 is 4.57 Å². The number of rotatable bonds is 1. The largest absolute Gasteiger partial charge is 0.250 e. The number of aryl methyl sites for hydroxylation is 9. The summed E-state index contributed by atoms with van der Waals surface area (Å²) in [6.07, 6.45) is 4.05. The monoisotopic (exact) mass is 610 g/mol. The lowest BCUT2D eigenvalue weighted by Crippen LogP contribution is -2.29.